The molecule has 0 aromatic heterocycles. The van der Waals surface area contributed by atoms with Gasteiger partial charge in [0.25, 0.3) is 0 Å². The first kappa shape index (κ1) is 18.2. The van der Waals surface area contributed by atoms with Gasteiger partial charge in [0, 0.05) is 18.6 Å². The van der Waals surface area contributed by atoms with Crippen LogP contribution in [-0.2, 0) is 9.84 Å². The molecule has 0 aliphatic carbocycles. The Hall–Kier alpha value is -1.58. The van der Waals surface area contributed by atoms with Gasteiger partial charge in [-0.3, -0.25) is 9.11 Å². The van der Waals surface area contributed by atoms with Crippen LogP contribution in [0.1, 0.15) is 17.2 Å². The number of aliphatic hydroxyl groups is 1. The van der Waals surface area contributed by atoms with Gasteiger partial charge in [-0.05, 0) is 24.3 Å². The Balaban J connectivity index is 2.08. The largest absolute Gasteiger partial charge is 0.493 e. The standard InChI is InChI=1S/C17H20O6S2/c18-10-5-11-23-14-8-4-9-15-17(14)16(12-24(15,19)20)25(21,22)13-6-2-1-3-7-13/h1-4,6-9,16,18-20H,5,10-12H2. The smallest absolute Gasteiger partial charge is 0.187 e. The molecule has 1 aliphatic heterocycles. The molecule has 1 aliphatic rings. The molecule has 136 valence electrons. The van der Waals surface area contributed by atoms with Crippen LogP contribution in [-0.4, -0.2) is 41.6 Å². The quantitative estimate of drug-likeness (QED) is 0.661. The van der Waals surface area contributed by atoms with E-state index in [9.17, 15) is 17.5 Å². The molecule has 1 atom stereocenters. The average Bonchev–Trinajstić information content (AvgIpc) is 2.89. The molecule has 0 spiro atoms. The Bertz CT molecular complexity index is 849. The summed E-state index contributed by atoms with van der Waals surface area (Å²) >= 11 is 0. The predicted molar refractivity (Wildman–Crippen MR) is 96.0 cm³/mol. The lowest BCUT2D eigenvalue weighted by Gasteiger charge is -2.27. The first-order valence-electron chi connectivity index (χ1n) is 7.79. The fourth-order valence-corrected chi connectivity index (χ4v) is 7.34. The highest BCUT2D eigenvalue weighted by Gasteiger charge is 2.45. The second kappa shape index (κ2) is 6.97. The van der Waals surface area contributed by atoms with Gasteiger partial charge in [0.15, 0.2) is 9.84 Å². The highest BCUT2D eigenvalue weighted by Crippen LogP contribution is 2.63. The van der Waals surface area contributed by atoms with Crippen LogP contribution < -0.4 is 4.74 Å². The van der Waals surface area contributed by atoms with Gasteiger partial charge in [-0.1, -0.05) is 24.3 Å². The zero-order valence-corrected chi connectivity index (χ0v) is 15.0. The molecule has 1 heterocycles. The number of sulfone groups is 1. The molecule has 3 rings (SSSR count). The summed E-state index contributed by atoms with van der Waals surface area (Å²) in [6.07, 6.45) is 0.399. The van der Waals surface area contributed by atoms with Gasteiger partial charge in [0.1, 0.15) is 11.0 Å². The zero-order chi connectivity index (χ0) is 18.1. The minimum Gasteiger partial charge on any atom is -0.493 e. The third kappa shape index (κ3) is 3.40. The molecule has 0 radical (unpaired) electrons. The number of hydrogen-bond donors (Lipinski definition) is 3. The van der Waals surface area contributed by atoms with Crippen molar-refractivity contribution in [2.24, 2.45) is 0 Å². The van der Waals surface area contributed by atoms with Crippen molar-refractivity contribution in [3.8, 4) is 5.75 Å². The minimum atomic E-state index is -3.80. The Kier molecular flexibility index (Phi) is 5.08. The molecule has 0 bridgehead atoms. The van der Waals surface area contributed by atoms with E-state index in [0.29, 0.717) is 17.7 Å². The van der Waals surface area contributed by atoms with Gasteiger partial charge in [-0.2, -0.15) is 10.6 Å². The van der Waals surface area contributed by atoms with Crippen molar-refractivity contribution in [2.45, 2.75) is 21.5 Å². The van der Waals surface area contributed by atoms with Gasteiger partial charge >= 0.3 is 0 Å². The molecule has 0 saturated heterocycles. The number of rotatable bonds is 6. The first-order valence-corrected chi connectivity index (χ1v) is 11.1. The Morgan fingerprint density at radius 3 is 2.48 bits per heavy atom. The molecule has 3 N–H and O–H groups in total. The maximum absolute atomic E-state index is 13.1. The molecule has 1 unspecified atom stereocenters. The molecule has 6 nitrogen and oxygen atoms in total. The summed E-state index contributed by atoms with van der Waals surface area (Å²) in [5, 5.41) is 7.82. The second-order valence-corrected chi connectivity index (χ2v) is 10.0. The molecule has 0 saturated carbocycles. The van der Waals surface area contributed by atoms with Crippen LogP contribution >= 0.6 is 10.6 Å². The fourth-order valence-electron chi connectivity index (χ4n) is 2.90. The number of ether oxygens (including phenoxy) is 1. The minimum absolute atomic E-state index is 0.0457. The van der Waals surface area contributed by atoms with E-state index in [-0.39, 0.29) is 28.8 Å². The van der Waals surface area contributed by atoms with Crippen LogP contribution in [0.15, 0.2) is 58.3 Å². The van der Waals surface area contributed by atoms with Crippen LogP contribution in [0.25, 0.3) is 0 Å². The molecular formula is C17H20O6S2. The number of aliphatic hydroxyl groups excluding tert-OH is 1. The van der Waals surface area contributed by atoms with E-state index < -0.39 is 25.7 Å². The Morgan fingerprint density at radius 1 is 1.08 bits per heavy atom. The highest BCUT2D eigenvalue weighted by molar-refractivity contribution is 8.25. The summed E-state index contributed by atoms with van der Waals surface area (Å²) in [4.78, 5) is 0.353. The van der Waals surface area contributed by atoms with Gasteiger partial charge in [0.05, 0.1) is 22.2 Å². The van der Waals surface area contributed by atoms with Crippen molar-refractivity contribution in [1.82, 2.24) is 0 Å². The van der Waals surface area contributed by atoms with E-state index >= 15 is 0 Å². The number of hydrogen-bond acceptors (Lipinski definition) is 6. The number of fused-ring (bicyclic) bond motifs is 1. The van der Waals surface area contributed by atoms with Crippen molar-refractivity contribution < 1.29 is 27.4 Å². The molecule has 2 aromatic carbocycles. The van der Waals surface area contributed by atoms with Crippen LogP contribution in [0.5, 0.6) is 5.75 Å². The summed E-state index contributed by atoms with van der Waals surface area (Å²) in [6, 6.07) is 12.7. The van der Waals surface area contributed by atoms with Gasteiger partial charge in [-0.15, -0.1) is 0 Å². The average molecular weight is 384 g/mol. The lowest BCUT2D eigenvalue weighted by molar-refractivity contribution is 0.232. The number of benzene rings is 2. The van der Waals surface area contributed by atoms with E-state index in [1.165, 1.54) is 18.2 Å². The molecule has 2 aromatic rings. The summed E-state index contributed by atoms with van der Waals surface area (Å²) < 4.78 is 52.5. The molecule has 0 fully saturated rings. The van der Waals surface area contributed by atoms with Gasteiger partial charge < -0.3 is 9.84 Å². The van der Waals surface area contributed by atoms with E-state index in [1.807, 2.05) is 0 Å². The van der Waals surface area contributed by atoms with E-state index in [2.05, 4.69) is 0 Å². The maximum Gasteiger partial charge on any atom is 0.187 e. The summed E-state index contributed by atoms with van der Waals surface area (Å²) in [7, 11) is -7.01. The second-order valence-electron chi connectivity index (χ2n) is 5.77. The van der Waals surface area contributed by atoms with Crippen LogP contribution in [0, 0.1) is 0 Å². The molecule has 8 heteroatoms. The summed E-state index contributed by atoms with van der Waals surface area (Å²) in [5.41, 5.74) is 0.310. The highest BCUT2D eigenvalue weighted by atomic mass is 32.3. The van der Waals surface area contributed by atoms with Crippen molar-refractivity contribution in [3.63, 3.8) is 0 Å². The van der Waals surface area contributed by atoms with Gasteiger partial charge in [-0.25, -0.2) is 8.42 Å². The topological polar surface area (TPSA) is 104 Å². The van der Waals surface area contributed by atoms with E-state index in [0.717, 1.165) is 0 Å². The lowest BCUT2D eigenvalue weighted by atomic mass is 10.1. The normalized spacial score (nSPS) is 20.0. The molecule has 0 amide bonds. The summed E-state index contributed by atoms with van der Waals surface area (Å²) in [5.74, 6) is 0.0351. The van der Waals surface area contributed by atoms with Crippen molar-refractivity contribution in [1.29, 1.82) is 0 Å². The van der Waals surface area contributed by atoms with Crippen molar-refractivity contribution in [2.75, 3.05) is 19.0 Å². The molecular weight excluding hydrogens is 364 g/mol. The zero-order valence-electron chi connectivity index (χ0n) is 13.4. The van der Waals surface area contributed by atoms with Crippen LogP contribution in [0.2, 0.25) is 0 Å². The molecule has 25 heavy (non-hydrogen) atoms. The van der Waals surface area contributed by atoms with Gasteiger partial charge in [0.2, 0.25) is 0 Å². The Labute approximate surface area is 148 Å². The SMILES string of the molecule is O=S(=O)(c1ccccc1)C1CS(O)(O)c2cccc(OCCCO)c21. The fraction of sp³-hybridized carbons (Fsp3) is 0.294. The third-order valence-electron chi connectivity index (χ3n) is 4.09. The summed E-state index contributed by atoms with van der Waals surface area (Å²) in [6.45, 7) is 0.167. The Morgan fingerprint density at radius 2 is 1.80 bits per heavy atom. The van der Waals surface area contributed by atoms with E-state index in [1.54, 1.807) is 30.3 Å². The van der Waals surface area contributed by atoms with Crippen LogP contribution in [0.4, 0.5) is 0 Å². The maximum atomic E-state index is 13.1. The van der Waals surface area contributed by atoms with Crippen molar-refractivity contribution in [3.05, 3.63) is 54.1 Å². The van der Waals surface area contributed by atoms with Crippen molar-refractivity contribution >= 4 is 20.4 Å². The predicted octanol–water partition coefficient (Wildman–Crippen LogP) is 3.09. The monoisotopic (exact) mass is 384 g/mol. The lowest BCUT2D eigenvalue weighted by Crippen LogP contribution is -2.16. The van der Waals surface area contributed by atoms with E-state index in [4.69, 9.17) is 9.84 Å². The first-order chi connectivity index (χ1) is 11.9. The van der Waals surface area contributed by atoms with Crippen LogP contribution in [0.3, 0.4) is 0 Å². The third-order valence-corrected chi connectivity index (χ3v) is 8.24.